The third-order valence-electron chi connectivity index (χ3n) is 4.23. The van der Waals surface area contributed by atoms with Gasteiger partial charge in [-0.05, 0) is 26.8 Å². The molecule has 2 aromatic rings. The fourth-order valence-electron chi connectivity index (χ4n) is 3.02. The number of aromatic amines is 1. The number of ether oxygens (including phenoxy) is 1. The predicted molar refractivity (Wildman–Crippen MR) is 87.2 cm³/mol. The fraction of sp³-hybridized carbons (Fsp3) is 0.312. The highest BCUT2D eigenvalue weighted by Gasteiger charge is 2.47. The van der Waals surface area contributed by atoms with Crippen LogP contribution in [-0.2, 0) is 15.1 Å². The molecule has 2 heterocycles. The van der Waals surface area contributed by atoms with E-state index in [1.807, 2.05) is 0 Å². The number of benzene rings is 1. The van der Waals surface area contributed by atoms with Crippen LogP contribution in [-0.4, -0.2) is 27.2 Å². The van der Waals surface area contributed by atoms with E-state index >= 15 is 0 Å². The second-order valence-electron chi connectivity index (χ2n) is 5.83. The van der Waals surface area contributed by atoms with Crippen molar-refractivity contribution in [2.24, 2.45) is 0 Å². The van der Waals surface area contributed by atoms with Gasteiger partial charge in [0.25, 0.3) is 5.91 Å². The fourth-order valence-corrected chi connectivity index (χ4v) is 3.29. The van der Waals surface area contributed by atoms with Gasteiger partial charge in [-0.1, -0.05) is 23.7 Å². The molecule has 1 aliphatic rings. The Morgan fingerprint density at radius 1 is 1.46 bits per heavy atom. The Kier molecular flexibility index (Phi) is 3.85. The highest BCUT2D eigenvalue weighted by molar-refractivity contribution is 6.33. The van der Waals surface area contributed by atoms with Crippen molar-refractivity contribution in [3.8, 4) is 0 Å². The number of anilines is 1. The van der Waals surface area contributed by atoms with Crippen LogP contribution in [0.4, 0.5) is 5.69 Å². The quantitative estimate of drug-likeness (QED) is 0.790. The Labute approximate surface area is 143 Å². The Morgan fingerprint density at radius 2 is 2.17 bits per heavy atom. The van der Waals surface area contributed by atoms with E-state index in [1.165, 1.54) is 6.92 Å². The van der Waals surface area contributed by atoms with Crippen LogP contribution in [0, 0.1) is 6.92 Å². The first-order valence-corrected chi connectivity index (χ1v) is 7.70. The maximum Gasteiger partial charge on any atom is 0.340 e. The van der Waals surface area contributed by atoms with Gasteiger partial charge in [-0.3, -0.25) is 9.89 Å². The standard InChI is InChI=1S/C16H16ClN3O4/c1-7-11(13(17)20-19-7)14(21)18-10-6-4-5-9-12(10)8(2)24-16(9,3)15(22)23/h4-6,8H,1-3H3,(H,18,21)(H,19,20)(H,22,23). The Hall–Kier alpha value is -2.38. The molecule has 3 N–H and O–H groups in total. The summed E-state index contributed by atoms with van der Waals surface area (Å²) in [6.07, 6.45) is -0.474. The summed E-state index contributed by atoms with van der Waals surface area (Å²) in [6.45, 7) is 4.94. The van der Waals surface area contributed by atoms with Gasteiger partial charge in [0, 0.05) is 22.5 Å². The average Bonchev–Trinajstić information content (AvgIpc) is 2.98. The molecule has 2 atom stereocenters. The molecule has 0 saturated heterocycles. The van der Waals surface area contributed by atoms with E-state index in [4.69, 9.17) is 16.3 Å². The van der Waals surface area contributed by atoms with E-state index in [2.05, 4.69) is 15.5 Å². The first-order valence-electron chi connectivity index (χ1n) is 7.32. The molecule has 3 rings (SSSR count). The minimum atomic E-state index is -1.45. The van der Waals surface area contributed by atoms with Gasteiger partial charge < -0.3 is 15.2 Å². The van der Waals surface area contributed by atoms with Crippen molar-refractivity contribution in [3.63, 3.8) is 0 Å². The number of fused-ring (bicyclic) bond motifs is 1. The minimum absolute atomic E-state index is 0.0808. The number of halogens is 1. The zero-order chi connectivity index (χ0) is 17.6. The molecule has 8 heteroatoms. The zero-order valence-electron chi connectivity index (χ0n) is 13.3. The lowest BCUT2D eigenvalue weighted by Crippen LogP contribution is -2.31. The Bertz CT molecular complexity index is 828. The van der Waals surface area contributed by atoms with E-state index in [0.717, 1.165) is 0 Å². The number of carboxylic acid groups (broad SMARTS) is 1. The van der Waals surface area contributed by atoms with Gasteiger partial charge >= 0.3 is 5.97 Å². The number of hydrogen-bond donors (Lipinski definition) is 3. The topological polar surface area (TPSA) is 104 Å². The van der Waals surface area contributed by atoms with Crippen LogP contribution in [0.25, 0.3) is 0 Å². The van der Waals surface area contributed by atoms with Crippen molar-refractivity contribution in [2.75, 3.05) is 5.32 Å². The molecular weight excluding hydrogens is 334 g/mol. The molecule has 126 valence electrons. The van der Waals surface area contributed by atoms with Crippen molar-refractivity contribution in [1.82, 2.24) is 10.2 Å². The second kappa shape index (κ2) is 5.61. The number of aromatic nitrogens is 2. The minimum Gasteiger partial charge on any atom is -0.479 e. The number of amides is 1. The van der Waals surface area contributed by atoms with Crippen LogP contribution in [0.3, 0.4) is 0 Å². The van der Waals surface area contributed by atoms with Crippen LogP contribution in [0.15, 0.2) is 18.2 Å². The molecule has 0 aliphatic carbocycles. The lowest BCUT2D eigenvalue weighted by atomic mass is 9.92. The average molecular weight is 350 g/mol. The number of nitrogens with zero attached hydrogens (tertiary/aromatic N) is 1. The summed E-state index contributed by atoms with van der Waals surface area (Å²) < 4.78 is 5.65. The van der Waals surface area contributed by atoms with E-state index in [9.17, 15) is 14.7 Å². The maximum atomic E-state index is 12.5. The SMILES string of the molecule is Cc1[nH]nc(Cl)c1C(=O)Nc1cccc2c1C(C)OC2(C)C(=O)O. The number of hydrogen-bond acceptors (Lipinski definition) is 4. The number of aryl methyl sites for hydroxylation is 1. The number of rotatable bonds is 3. The lowest BCUT2D eigenvalue weighted by Gasteiger charge is -2.19. The Balaban J connectivity index is 2.02. The lowest BCUT2D eigenvalue weighted by molar-refractivity contribution is -0.167. The van der Waals surface area contributed by atoms with Gasteiger partial charge in [-0.15, -0.1) is 0 Å². The van der Waals surface area contributed by atoms with Crippen LogP contribution >= 0.6 is 11.6 Å². The molecule has 1 amide bonds. The van der Waals surface area contributed by atoms with Crippen LogP contribution < -0.4 is 5.32 Å². The number of aliphatic carboxylic acids is 1. The van der Waals surface area contributed by atoms with E-state index < -0.39 is 23.6 Å². The van der Waals surface area contributed by atoms with Crippen molar-refractivity contribution in [1.29, 1.82) is 0 Å². The molecule has 0 saturated carbocycles. The van der Waals surface area contributed by atoms with Crippen molar-refractivity contribution < 1.29 is 19.4 Å². The van der Waals surface area contributed by atoms with Crippen LogP contribution in [0.2, 0.25) is 5.15 Å². The molecule has 1 aromatic carbocycles. The molecule has 7 nitrogen and oxygen atoms in total. The monoisotopic (exact) mass is 349 g/mol. The van der Waals surface area contributed by atoms with E-state index in [-0.39, 0.29) is 10.7 Å². The summed E-state index contributed by atoms with van der Waals surface area (Å²) in [5.74, 6) is -1.50. The smallest absolute Gasteiger partial charge is 0.340 e. The van der Waals surface area contributed by atoms with Gasteiger partial charge in [-0.2, -0.15) is 5.10 Å². The molecule has 2 unspecified atom stereocenters. The maximum absolute atomic E-state index is 12.5. The van der Waals surface area contributed by atoms with Gasteiger partial charge in [0.05, 0.1) is 11.7 Å². The van der Waals surface area contributed by atoms with Crippen LogP contribution in [0.1, 0.15) is 47.1 Å². The van der Waals surface area contributed by atoms with Gasteiger partial charge in [0.15, 0.2) is 10.8 Å². The number of carbonyl (C=O) groups excluding carboxylic acids is 1. The molecular formula is C16H16ClN3O4. The number of H-pyrrole nitrogens is 1. The predicted octanol–water partition coefficient (Wildman–Crippen LogP) is 3.01. The molecule has 0 radical (unpaired) electrons. The third kappa shape index (κ3) is 2.37. The van der Waals surface area contributed by atoms with Crippen LogP contribution in [0.5, 0.6) is 0 Å². The summed E-state index contributed by atoms with van der Waals surface area (Å²) in [5, 5.41) is 18.8. The summed E-state index contributed by atoms with van der Waals surface area (Å²) in [4.78, 5) is 24.1. The normalized spacial score (nSPS) is 22.2. The molecule has 0 spiro atoms. The highest BCUT2D eigenvalue weighted by Crippen LogP contribution is 2.46. The molecule has 0 fully saturated rings. The van der Waals surface area contributed by atoms with Gasteiger partial charge in [-0.25, -0.2) is 4.79 Å². The van der Waals surface area contributed by atoms with Gasteiger partial charge in [0.2, 0.25) is 0 Å². The highest BCUT2D eigenvalue weighted by atomic mass is 35.5. The summed E-state index contributed by atoms with van der Waals surface area (Å²) >= 11 is 5.93. The number of nitrogens with one attached hydrogen (secondary N) is 2. The number of carboxylic acids is 1. The summed E-state index contributed by atoms with van der Waals surface area (Å²) in [5.41, 5.74) is 1.01. The molecule has 0 bridgehead atoms. The summed E-state index contributed by atoms with van der Waals surface area (Å²) in [6, 6.07) is 5.08. The van der Waals surface area contributed by atoms with E-state index in [0.29, 0.717) is 22.5 Å². The molecule has 1 aliphatic heterocycles. The summed E-state index contributed by atoms with van der Waals surface area (Å²) in [7, 11) is 0. The zero-order valence-corrected chi connectivity index (χ0v) is 14.1. The largest absolute Gasteiger partial charge is 0.479 e. The third-order valence-corrected chi connectivity index (χ3v) is 4.50. The first-order chi connectivity index (χ1) is 11.3. The van der Waals surface area contributed by atoms with Gasteiger partial charge in [0.1, 0.15) is 0 Å². The molecule has 1 aromatic heterocycles. The van der Waals surface area contributed by atoms with E-state index in [1.54, 1.807) is 32.0 Å². The Morgan fingerprint density at radius 3 is 2.75 bits per heavy atom. The number of carbonyl (C=O) groups is 2. The second-order valence-corrected chi connectivity index (χ2v) is 6.19. The van der Waals surface area contributed by atoms with Crippen molar-refractivity contribution >= 4 is 29.2 Å². The first kappa shape index (κ1) is 16.5. The van der Waals surface area contributed by atoms with Crippen molar-refractivity contribution in [2.45, 2.75) is 32.5 Å². The molecule has 24 heavy (non-hydrogen) atoms. The van der Waals surface area contributed by atoms with Crippen molar-refractivity contribution in [3.05, 3.63) is 45.7 Å².